The molecule has 0 aliphatic carbocycles. The smallest absolute Gasteiger partial charge is 0.195 e. The van der Waals surface area contributed by atoms with E-state index in [1.54, 1.807) is 6.92 Å². The van der Waals surface area contributed by atoms with Gasteiger partial charge < -0.3 is 0 Å². The summed E-state index contributed by atoms with van der Waals surface area (Å²) in [6.07, 6.45) is -0.631. The molecule has 1 saturated heterocycles. The molecule has 4 heteroatoms. The van der Waals surface area contributed by atoms with Crippen LogP contribution in [-0.4, -0.2) is 5.79 Å². The Morgan fingerprint density at radius 1 is 1.06 bits per heavy atom. The van der Waals surface area contributed by atoms with Crippen molar-refractivity contribution in [2.75, 3.05) is 0 Å². The fraction of sp³-hybridized carbons (Fsp3) is 0.500. The number of rotatable bonds is 2. The standard InChI is InChI=1S/C12H16O4/c1-9(2)12(3)15-13-11(14-16-12)10-7-5-4-6-8-10/h4-9,11H,1-3H3. The normalized spacial score (nSPS) is 30.6. The molecule has 1 aromatic rings. The van der Waals surface area contributed by atoms with E-state index in [-0.39, 0.29) is 5.92 Å². The van der Waals surface area contributed by atoms with E-state index in [9.17, 15) is 0 Å². The summed E-state index contributed by atoms with van der Waals surface area (Å²) in [4.78, 5) is 20.9. The van der Waals surface area contributed by atoms with E-state index < -0.39 is 12.1 Å². The van der Waals surface area contributed by atoms with Crippen LogP contribution in [0.15, 0.2) is 30.3 Å². The van der Waals surface area contributed by atoms with Crippen molar-refractivity contribution in [3.8, 4) is 0 Å². The van der Waals surface area contributed by atoms with Crippen LogP contribution < -0.4 is 0 Å². The number of benzene rings is 1. The van der Waals surface area contributed by atoms with Gasteiger partial charge in [0.2, 0.25) is 12.1 Å². The molecule has 1 fully saturated rings. The van der Waals surface area contributed by atoms with Crippen molar-refractivity contribution in [3.63, 3.8) is 0 Å². The Kier molecular flexibility index (Phi) is 3.25. The van der Waals surface area contributed by atoms with Crippen molar-refractivity contribution in [2.45, 2.75) is 32.8 Å². The zero-order valence-electron chi connectivity index (χ0n) is 9.67. The Hall–Kier alpha value is -0.940. The van der Waals surface area contributed by atoms with Crippen molar-refractivity contribution in [1.29, 1.82) is 0 Å². The second-order valence-electron chi connectivity index (χ2n) is 4.27. The van der Waals surface area contributed by atoms with Crippen molar-refractivity contribution in [3.05, 3.63) is 35.9 Å². The first-order valence-corrected chi connectivity index (χ1v) is 5.36. The van der Waals surface area contributed by atoms with Crippen LogP contribution in [0.5, 0.6) is 0 Å². The largest absolute Gasteiger partial charge is 0.249 e. The molecule has 0 aromatic heterocycles. The minimum atomic E-state index is -0.856. The average Bonchev–Trinajstić information content (AvgIpc) is 2.31. The Morgan fingerprint density at radius 2 is 1.62 bits per heavy atom. The molecule has 0 N–H and O–H groups in total. The SMILES string of the molecule is CC(C)C1(C)OOC(c2ccccc2)OO1. The quantitative estimate of drug-likeness (QED) is 0.724. The van der Waals surface area contributed by atoms with Gasteiger partial charge in [-0.1, -0.05) is 44.2 Å². The van der Waals surface area contributed by atoms with Crippen molar-refractivity contribution >= 4 is 0 Å². The van der Waals surface area contributed by atoms with Gasteiger partial charge in [-0.3, -0.25) is 0 Å². The molecule has 0 saturated carbocycles. The van der Waals surface area contributed by atoms with E-state index in [4.69, 9.17) is 19.6 Å². The molecule has 0 radical (unpaired) electrons. The number of hydrogen-bond acceptors (Lipinski definition) is 4. The van der Waals surface area contributed by atoms with E-state index in [0.717, 1.165) is 5.56 Å². The zero-order valence-corrected chi connectivity index (χ0v) is 9.67. The molecule has 1 aliphatic heterocycles. The highest BCUT2D eigenvalue weighted by molar-refractivity contribution is 5.15. The Balaban J connectivity index is 2.01. The molecular weight excluding hydrogens is 208 g/mol. The molecule has 0 bridgehead atoms. The molecule has 88 valence electrons. The highest BCUT2D eigenvalue weighted by Gasteiger charge is 2.40. The summed E-state index contributed by atoms with van der Waals surface area (Å²) in [6.45, 7) is 5.71. The average molecular weight is 224 g/mol. The summed E-state index contributed by atoms with van der Waals surface area (Å²) in [5.41, 5.74) is 0.855. The maximum absolute atomic E-state index is 5.25. The highest BCUT2D eigenvalue weighted by Crippen LogP contribution is 2.34. The lowest BCUT2D eigenvalue weighted by Crippen LogP contribution is -2.43. The summed E-state index contributed by atoms with van der Waals surface area (Å²) in [6, 6.07) is 9.49. The van der Waals surface area contributed by atoms with E-state index >= 15 is 0 Å². The fourth-order valence-corrected chi connectivity index (χ4v) is 1.22. The van der Waals surface area contributed by atoms with Crippen LogP contribution >= 0.6 is 0 Å². The lowest BCUT2D eigenvalue weighted by atomic mass is 10.1. The van der Waals surface area contributed by atoms with Crippen LogP contribution in [-0.2, 0) is 19.6 Å². The topological polar surface area (TPSA) is 36.9 Å². The maximum atomic E-state index is 5.25. The van der Waals surface area contributed by atoms with Crippen LogP contribution in [0.4, 0.5) is 0 Å². The van der Waals surface area contributed by atoms with Gasteiger partial charge >= 0.3 is 0 Å². The Bertz CT molecular complexity index is 328. The minimum Gasteiger partial charge on any atom is -0.195 e. The minimum absolute atomic E-state index is 0.129. The lowest BCUT2D eigenvalue weighted by Gasteiger charge is -2.36. The van der Waals surface area contributed by atoms with E-state index in [2.05, 4.69) is 0 Å². The summed E-state index contributed by atoms with van der Waals surface area (Å²) < 4.78 is 0. The van der Waals surface area contributed by atoms with Gasteiger partial charge in [-0.25, -0.2) is 0 Å². The van der Waals surface area contributed by atoms with Gasteiger partial charge in [0.1, 0.15) is 0 Å². The third-order valence-corrected chi connectivity index (χ3v) is 2.72. The van der Waals surface area contributed by atoms with E-state index in [1.165, 1.54) is 0 Å². The third kappa shape index (κ3) is 2.25. The molecule has 1 aliphatic rings. The molecule has 16 heavy (non-hydrogen) atoms. The summed E-state index contributed by atoms with van der Waals surface area (Å²) in [5.74, 6) is -0.727. The molecule has 4 nitrogen and oxygen atoms in total. The van der Waals surface area contributed by atoms with Crippen molar-refractivity contribution < 1.29 is 19.6 Å². The third-order valence-electron chi connectivity index (χ3n) is 2.72. The van der Waals surface area contributed by atoms with Crippen LogP contribution in [0.1, 0.15) is 32.6 Å². The van der Waals surface area contributed by atoms with Gasteiger partial charge in [-0.05, 0) is 6.92 Å². The molecule has 0 spiro atoms. The van der Waals surface area contributed by atoms with E-state index in [1.807, 2.05) is 44.2 Å². The van der Waals surface area contributed by atoms with E-state index in [0.29, 0.717) is 0 Å². The van der Waals surface area contributed by atoms with Gasteiger partial charge in [0.25, 0.3) is 0 Å². The maximum Gasteiger partial charge on any atom is 0.249 e. The molecule has 0 unspecified atom stereocenters. The second-order valence-corrected chi connectivity index (χ2v) is 4.27. The highest BCUT2D eigenvalue weighted by atomic mass is 17.4. The van der Waals surface area contributed by atoms with Gasteiger partial charge in [0, 0.05) is 11.5 Å². The first-order valence-electron chi connectivity index (χ1n) is 5.36. The predicted octanol–water partition coefficient (Wildman–Crippen LogP) is 2.97. The Labute approximate surface area is 94.9 Å². The van der Waals surface area contributed by atoms with Crippen LogP contribution in [0.3, 0.4) is 0 Å². The first kappa shape index (κ1) is 11.5. The summed E-state index contributed by atoms with van der Waals surface area (Å²) >= 11 is 0. The molecule has 1 heterocycles. The monoisotopic (exact) mass is 224 g/mol. The number of hydrogen-bond donors (Lipinski definition) is 0. The molecule has 0 atom stereocenters. The second kappa shape index (κ2) is 4.51. The van der Waals surface area contributed by atoms with Gasteiger partial charge in [0.05, 0.1) is 0 Å². The van der Waals surface area contributed by atoms with Crippen LogP contribution in [0, 0.1) is 5.92 Å². The summed E-state index contributed by atoms with van der Waals surface area (Å²) in [7, 11) is 0. The van der Waals surface area contributed by atoms with Crippen LogP contribution in [0.25, 0.3) is 0 Å². The molecule has 2 rings (SSSR count). The predicted molar refractivity (Wildman–Crippen MR) is 56.8 cm³/mol. The summed E-state index contributed by atoms with van der Waals surface area (Å²) in [5, 5.41) is 0. The fourth-order valence-electron chi connectivity index (χ4n) is 1.22. The zero-order chi connectivity index (χ0) is 11.6. The molecule has 1 aromatic carbocycles. The van der Waals surface area contributed by atoms with Crippen molar-refractivity contribution in [1.82, 2.24) is 0 Å². The van der Waals surface area contributed by atoms with Crippen molar-refractivity contribution in [2.24, 2.45) is 5.92 Å². The van der Waals surface area contributed by atoms with Gasteiger partial charge in [0.15, 0.2) is 0 Å². The van der Waals surface area contributed by atoms with Crippen LogP contribution in [0.2, 0.25) is 0 Å². The van der Waals surface area contributed by atoms with Gasteiger partial charge in [-0.2, -0.15) is 19.6 Å². The first-order chi connectivity index (χ1) is 7.62. The molecular formula is C12H16O4. The van der Waals surface area contributed by atoms with Gasteiger partial charge in [-0.15, -0.1) is 0 Å². The lowest BCUT2D eigenvalue weighted by molar-refractivity contribution is -0.633. The Morgan fingerprint density at radius 3 is 2.12 bits per heavy atom. The molecule has 0 amide bonds.